The second-order valence-electron chi connectivity index (χ2n) is 11.8. The van der Waals surface area contributed by atoms with E-state index in [1.807, 2.05) is 36.4 Å². The highest BCUT2D eigenvalue weighted by molar-refractivity contribution is 6.99. The number of ether oxygens (including phenoxy) is 3. The first-order chi connectivity index (χ1) is 19.1. The predicted molar refractivity (Wildman–Crippen MR) is 163 cm³/mol. The van der Waals surface area contributed by atoms with Crippen LogP contribution in [0.1, 0.15) is 46.1 Å². The Hall–Kier alpha value is -3.19. The van der Waals surface area contributed by atoms with Crippen LogP contribution in [0.2, 0.25) is 5.04 Å². The molecule has 1 aliphatic rings. The molecule has 0 amide bonds. The molecular weight excluding hydrogens is 516 g/mol. The second kappa shape index (κ2) is 12.1. The number of esters is 1. The van der Waals surface area contributed by atoms with E-state index in [0.29, 0.717) is 19.4 Å². The average Bonchev–Trinajstić information content (AvgIpc) is 2.97. The largest absolute Gasteiger partial charge is 0.497 e. The summed E-state index contributed by atoms with van der Waals surface area (Å²) < 4.78 is 24.7. The van der Waals surface area contributed by atoms with Gasteiger partial charge in [0.25, 0.3) is 8.32 Å². The van der Waals surface area contributed by atoms with E-state index in [2.05, 4.69) is 88.4 Å². The number of hydrogen-bond donors (Lipinski definition) is 0. The van der Waals surface area contributed by atoms with Gasteiger partial charge in [-0.2, -0.15) is 0 Å². The number of carbonyl (C=O) groups excluding carboxylic acids is 1. The zero-order chi connectivity index (χ0) is 28.9. The first-order valence-corrected chi connectivity index (χ1v) is 15.8. The van der Waals surface area contributed by atoms with Crippen molar-refractivity contribution in [2.75, 3.05) is 20.8 Å². The summed E-state index contributed by atoms with van der Waals surface area (Å²) in [5.41, 5.74) is -1.02. The zero-order valence-corrected chi connectivity index (χ0v) is 25.6. The zero-order valence-electron chi connectivity index (χ0n) is 24.6. The SMILES string of the molecule is COC(=O)[C@]1(OCc2ccc(OC)cc2)CCC=C[C@]1(C)CO[Si](c1ccccc1)(c1ccccc1)C(C)(C)C. The number of benzene rings is 3. The molecule has 0 aliphatic heterocycles. The molecule has 0 saturated carbocycles. The molecule has 0 heterocycles. The predicted octanol–water partition coefficient (Wildman–Crippen LogP) is 6.06. The van der Waals surface area contributed by atoms with Crippen LogP contribution in [-0.4, -0.2) is 40.7 Å². The third kappa shape index (κ3) is 5.53. The molecule has 40 heavy (non-hydrogen) atoms. The van der Waals surface area contributed by atoms with Crippen molar-refractivity contribution in [2.24, 2.45) is 5.41 Å². The van der Waals surface area contributed by atoms with Crippen LogP contribution >= 0.6 is 0 Å². The van der Waals surface area contributed by atoms with E-state index >= 15 is 0 Å². The van der Waals surface area contributed by atoms with Crippen LogP contribution in [0.4, 0.5) is 0 Å². The van der Waals surface area contributed by atoms with E-state index in [-0.39, 0.29) is 17.6 Å². The number of carbonyl (C=O) groups is 1. The normalized spacial score (nSPS) is 21.1. The van der Waals surface area contributed by atoms with Crippen LogP contribution in [0.5, 0.6) is 5.75 Å². The highest BCUT2D eigenvalue weighted by atomic mass is 28.4. The highest BCUT2D eigenvalue weighted by Crippen LogP contribution is 2.47. The Labute approximate surface area is 240 Å². The molecular formula is C34H42O5Si. The van der Waals surface area contributed by atoms with Crippen LogP contribution in [0.25, 0.3) is 0 Å². The summed E-state index contributed by atoms with van der Waals surface area (Å²) in [6.45, 7) is 9.39. The van der Waals surface area contributed by atoms with Crippen molar-refractivity contribution in [3.8, 4) is 5.75 Å². The van der Waals surface area contributed by atoms with Crippen molar-refractivity contribution >= 4 is 24.7 Å². The maximum absolute atomic E-state index is 13.6. The monoisotopic (exact) mass is 558 g/mol. The molecule has 2 atom stereocenters. The summed E-state index contributed by atoms with van der Waals surface area (Å²) >= 11 is 0. The van der Waals surface area contributed by atoms with Crippen molar-refractivity contribution in [1.82, 2.24) is 0 Å². The lowest BCUT2D eigenvalue weighted by atomic mass is 9.68. The van der Waals surface area contributed by atoms with E-state index in [0.717, 1.165) is 11.3 Å². The summed E-state index contributed by atoms with van der Waals surface area (Å²) in [5.74, 6) is 0.398. The van der Waals surface area contributed by atoms with Gasteiger partial charge in [0, 0.05) is 12.0 Å². The number of hydrogen-bond acceptors (Lipinski definition) is 5. The Balaban J connectivity index is 1.76. The Kier molecular flexibility index (Phi) is 9.03. The molecule has 212 valence electrons. The van der Waals surface area contributed by atoms with Crippen LogP contribution in [0.15, 0.2) is 97.1 Å². The molecule has 5 nitrogen and oxygen atoms in total. The first-order valence-electron chi connectivity index (χ1n) is 13.9. The van der Waals surface area contributed by atoms with Gasteiger partial charge in [0.15, 0.2) is 5.60 Å². The molecule has 3 aromatic rings. The van der Waals surface area contributed by atoms with E-state index < -0.39 is 19.3 Å². The molecule has 0 aromatic heterocycles. The topological polar surface area (TPSA) is 54.0 Å². The Bertz CT molecular complexity index is 1240. The van der Waals surface area contributed by atoms with Crippen molar-refractivity contribution in [1.29, 1.82) is 0 Å². The number of allylic oxidation sites excluding steroid dienone is 1. The molecule has 0 unspecified atom stereocenters. The summed E-state index contributed by atoms with van der Waals surface area (Å²) in [7, 11) is 0.235. The van der Waals surface area contributed by atoms with Crippen molar-refractivity contribution in [3.63, 3.8) is 0 Å². The van der Waals surface area contributed by atoms with Crippen molar-refractivity contribution in [3.05, 3.63) is 103 Å². The van der Waals surface area contributed by atoms with Gasteiger partial charge >= 0.3 is 5.97 Å². The van der Waals surface area contributed by atoms with Crippen LogP contribution in [0, 0.1) is 5.41 Å². The van der Waals surface area contributed by atoms with Gasteiger partial charge in [0.1, 0.15) is 5.75 Å². The lowest BCUT2D eigenvalue weighted by Gasteiger charge is -2.50. The molecule has 0 fully saturated rings. The number of methoxy groups -OCH3 is 2. The van der Waals surface area contributed by atoms with Crippen LogP contribution in [0.3, 0.4) is 0 Å². The van der Waals surface area contributed by atoms with E-state index in [1.165, 1.54) is 17.5 Å². The Morgan fingerprint density at radius 1 is 0.875 bits per heavy atom. The molecule has 0 radical (unpaired) electrons. The minimum absolute atomic E-state index is 0.192. The maximum atomic E-state index is 13.6. The summed E-state index contributed by atoms with van der Waals surface area (Å²) in [4.78, 5) is 13.6. The average molecular weight is 559 g/mol. The maximum Gasteiger partial charge on any atom is 0.339 e. The van der Waals surface area contributed by atoms with Gasteiger partial charge in [-0.15, -0.1) is 0 Å². The van der Waals surface area contributed by atoms with E-state index in [1.54, 1.807) is 7.11 Å². The highest BCUT2D eigenvalue weighted by Gasteiger charge is 2.58. The first kappa shape index (κ1) is 29.8. The summed E-state index contributed by atoms with van der Waals surface area (Å²) in [6, 6.07) is 28.8. The summed E-state index contributed by atoms with van der Waals surface area (Å²) in [5, 5.41) is 2.20. The molecule has 6 heteroatoms. The molecule has 3 aromatic carbocycles. The van der Waals surface area contributed by atoms with Gasteiger partial charge < -0.3 is 18.6 Å². The lowest BCUT2D eigenvalue weighted by molar-refractivity contribution is -0.194. The van der Waals surface area contributed by atoms with Gasteiger partial charge in [0.05, 0.1) is 20.8 Å². The molecule has 0 bridgehead atoms. The molecule has 1 aliphatic carbocycles. The quantitative estimate of drug-likeness (QED) is 0.172. The Morgan fingerprint density at radius 3 is 1.95 bits per heavy atom. The minimum Gasteiger partial charge on any atom is -0.497 e. The molecule has 0 saturated heterocycles. The van der Waals surface area contributed by atoms with Gasteiger partial charge in [-0.3, -0.25) is 0 Å². The van der Waals surface area contributed by atoms with Crippen molar-refractivity contribution < 1.29 is 23.4 Å². The second-order valence-corrected chi connectivity index (χ2v) is 16.1. The van der Waals surface area contributed by atoms with E-state index in [9.17, 15) is 4.79 Å². The number of rotatable bonds is 10. The fourth-order valence-electron chi connectivity index (χ4n) is 5.96. The van der Waals surface area contributed by atoms with Crippen molar-refractivity contribution in [2.45, 2.75) is 57.8 Å². The smallest absolute Gasteiger partial charge is 0.339 e. The lowest BCUT2D eigenvalue weighted by Crippen LogP contribution is -2.68. The van der Waals surface area contributed by atoms with Gasteiger partial charge in [-0.05, 0) is 45.9 Å². The third-order valence-electron chi connectivity index (χ3n) is 8.24. The molecule has 4 rings (SSSR count). The minimum atomic E-state index is -2.84. The van der Waals surface area contributed by atoms with Gasteiger partial charge in [-0.25, -0.2) is 4.79 Å². The fraction of sp³-hybridized carbons (Fsp3) is 0.382. The van der Waals surface area contributed by atoms with Crippen LogP contribution < -0.4 is 15.1 Å². The van der Waals surface area contributed by atoms with Crippen LogP contribution in [-0.2, 0) is 25.3 Å². The van der Waals surface area contributed by atoms with E-state index in [4.69, 9.17) is 18.6 Å². The summed E-state index contributed by atoms with van der Waals surface area (Å²) in [6.07, 6.45) is 5.45. The standard InChI is InChI=1S/C34H42O5Si/c1-32(2,3)40(29-15-9-7-10-16-29,30-17-11-8-12-18-30)39-26-33(4)23-13-14-24-34(33,31(35)37-6)38-25-27-19-21-28(36-5)22-20-27/h7-13,15-23H,14,24-26H2,1-6H3/t33-,34-/m1/s1. The van der Waals surface area contributed by atoms with Gasteiger partial charge in [0.2, 0.25) is 0 Å². The fourth-order valence-corrected chi connectivity index (χ4v) is 10.6. The Morgan fingerprint density at radius 2 is 1.45 bits per heavy atom. The van der Waals surface area contributed by atoms with Gasteiger partial charge in [-0.1, -0.05) is 113 Å². The third-order valence-corrected chi connectivity index (χ3v) is 13.2. The molecule has 0 spiro atoms. The molecule has 0 N–H and O–H groups in total.